The summed E-state index contributed by atoms with van der Waals surface area (Å²) in [5, 5.41) is 3.65. The van der Waals surface area contributed by atoms with E-state index in [0.717, 1.165) is 0 Å². The van der Waals surface area contributed by atoms with Crippen molar-refractivity contribution in [2.75, 3.05) is 21.3 Å². The maximum absolute atomic E-state index is 5.60. The predicted octanol–water partition coefficient (Wildman–Crippen LogP) is 1.66. The highest BCUT2D eigenvalue weighted by atomic mass is 16.6. The van der Waals surface area contributed by atoms with Gasteiger partial charge in [-0.05, 0) is 12.1 Å². The van der Waals surface area contributed by atoms with Gasteiger partial charge in [0, 0.05) is 6.20 Å². The summed E-state index contributed by atoms with van der Waals surface area (Å²) in [7, 11) is 4.43. The van der Waals surface area contributed by atoms with Crippen molar-refractivity contribution in [3.63, 3.8) is 0 Å². The Kier molecular flexibility index (Phi) is 4.86. The van der Waals surface area contributed by atoms with Crippen molar-refractivity contribution in [3.8, 4) is 23.5 Å². The molecule has 21 heavy (non-hydrogen) atoms. The van der Waals surface area contributed by atoms with Gasteiger partial charge < -0.3 is 19.0 Å². The van der Waals surface area contributed by atoms with Crippen molar-refractivity contribution in [2.24, 2.45) is 5.16 Å². The lowest BCUT2D eigenvalue weighted by molar-refractivity contribution is 0.215. The minimum Gasteiger partial charge on any atom is -0.481 e. The second kappa shape index (κ2) is 7.04. The number of rotatable bonds is 6. The molecule has 110 valence electrons. The number of aromatic nitrogens is 3. The largest absolute Gasteiger partial charge is 0.481 e. The first-order valence-electron chi connectivity index (χ1n) is 5.93. The standard InChI is InChI=1S/C13H14N4O4/c1-18-11-7-12(19-2)17-13(16-11)21-10-5-4-6-14-9(10)8-15-20-3/h4-8H,1-3H3. The Labute approximate surface area is 121 Å². The molecule has 0 amide bonds. The van der Waals surface area contributed by atoms with Crippen LogP contribution in [0.15, 0.2) is 29.6 Å². The molecule has 0 aliphatic heterocycles. The summed E-state index contributed by atoms with van der Waals surface area (Å²) in [6, 6.07) is 5.05. The second-order valence-corrected chi connectivity index (χ2v) is 3.64. The van der Waals surface area contributed by atoms with Crippen LogP contribution in [0.5, 0.6) is 23.5 Å². The van der Waals surface area contributed by atoms with Crippen molar-refractivity contribution in [1.29, 1.82) is 0 Å². The van der Waals surface area contributed by atoms with Crippen molar-refractivity contribution < 1.29 is 19.0 Å². The zero-order chi connectivity index (χ0) is 15.1. The molecule has 2 aromatic heterocycles. The predicted molar refractivity (Wildman–Crippen MR) is 74.1 cm³/mol. The lowest BCUT2D eigenvalue weighted by Crippen LogP contribution is -2.00. The van der Waals surface area contributed by atoms with Gasteiger partial charge in [-0.3, -0.25) is 4.98 Å². The van der Waals surface area contributed by atoms with Crippen molar-refractivity contribution in [3.05, 3.63) is 30.1 Å². The molecule has 0 N–H and O–H groups in total. The number of hydrogen-bond donors (Lipinski definition) is 0. The van der Waals surface area contributed by atoms with Gasteiger partial charge in [0.2, 0.25) is 11.8 Å². The Morgan fingerprint density at radius 2 is 1.81 bits per heavy atom. The molecule has 8 heteroatoms. The van der Waals surface area contributed by atoms with Crippen LogP contribution in [-0.2, 0) is 4.84 Å². The van der Waals surface area contributed by atoms with E-state index in [1.165, 1.54) is 27.5 Å². The van der Waals surface area contributed by atoms with Gasteiger partial charge in [-0.25, -0.2) is 0 Å². The van der Waals surface area contributed by atoms with Crippen molar-refractivity contribution >= 4 is 6.21 Å². The van der Waals surface area contributed by atoms with E-state index in [1.54, 1.807) is 24.4 Å². The smallest absolute Gasteiger partial charge is 0.328 e. The van der Waals surface area contributed by atoms with Gasteiger partial charge in [-0.15, -0.1) is 0 Å². The molecule has 8 nitrogen and oxygen atoms in total. The lowest BCUT2D eigenvalue weighted by Gasteiger charge is -2.08. The second-order valence-electron chi connectivity index (χ2n) is 3.64. The molecular weight excluding hydrogens is 276 g/mol. The topological polar surface area (TPSA) is 88.0 Å². The average molecular weight is 290 g/mol. The summed E-state index contributed by atoms with van der Waals surface area (Å²) in [4.78, 5) is 16.9. The maximum atomic E-state index is 5.60. The Morgan fingerprint density at radius 3 is 2.43 bits per heavy atom. The average Bonchev–Trinajstić information content (AvgIpc) is 2.53. The molecule has 0 aliphatic carbocycles. The third-order valence-electron chi connectivity index (χ3n) is 2.36. The number of methoxy groups -OCH3 is 2. The Balaban J connectivity index is 2.31. The van der Waals surface area contributed by atoms with E-state index >= 15 is 0 Å². The molecule has 0 fully saturated rings. The third-order valence-corrected chi connectivity index (χ3v) is 2.36. The summed E-state index contributed by atoms with van der Waals surface area (Å²) in [5.41, 5.74) is 0.477. The minimum atomic E-state index is 0.0752. The van der Waals surface area contributed by atoms with E-state index in [2.05, 4.69) is 24.9 Å². The van der Waals surface area contributed by atoms with Crippen LogP contribution in [0.2, 0.25) is 0 Å². The lowest BCUT2D eigenvalue weighted by atomic mass is 10.3. The van der Waals surface area contributed by atoms with Crippen molar-refractivity contribution in [1.82, 2.24) is 15.0 Å². The molecule has 2 heterocycles. The highest BCUT2D eigenvalue weighted by molar-refractivity contribution is 5.80. The normalized spacial score (nSPS) is 10.4. The van der Waals surface area contributed by atoms with Crippen molar-refractivity contribution in [2.45, 2.75) is 0 Å². The minimum absolute atomic E-state index is 0.0752. The fourth-order valence-corrected chi connectivity index (χ4v) is 1.43. The van der Waals surface area contributed by atoms with E-state index in [4.69, 9.17) is 14.2 Å². The number of oxime groups is 1. The fourth-order valence-electron chi connectivity index (χ4n) is 1.43. The Morgan fingerprint density at radius 1 is 1.10 bits per heavy atom. The van der Waals surface area contributed by atoms with Gasteiger partial charge in [-0.2, -0.15) is 9.97 Å². The molecule has 0 aliphatic rings. The third kappa shape index (κ3) is 3.78. The molecule has 0 saturated heterocycles. The summed E-state index contributed by atoms with van der Waals surface area (Å²) >= 11 is 0. The van der Waals surface area contributed by atoms with Crippen LogP contribution in [0.4, 0.5) is 0 Å². The highest BCUT2D eigenvalue weighted by Crippen LogP contribution is 2.24. The van der Waals surface area contributed by atoms with E-state index in [1.807, 2.05) is 0 Å². The molecule has 2 aromatic rings. The van der Waals surface area contributed by atoms with Gasteiger partial charge in [0.15, 0.2) is 5.75 Å². The van der Waals surface area contributed by atoms with Gasteiger partial charge in [0.25, 0.3) is 0 Å². The van der Waals surface area contributed by atoms with Crippen LogP contribution in [0.1, 0.15) is 5.69 Å². The molecule has 0 aromatic carbocycles. The zero-order valence-corrected chi connectivity index (χ0v) is 11.8. The first kappa shape index (κ1) is 14.5. The van der Waals surface area contributed by atoms with Crippen LogP contribution < -0.4 is 14.2 Å². The zero-order valence-electron chi connectivity index (χ0n) is 11.8. The number of ether oxygens (including phenoxy) is 3. The maximum Gasteiger partial charge on any atom is 0.328 e. The molecule has 0 bridgehead atoms. The van der Waals surface area contributed by atoms with Crippen LogP contribution in [0, 0.1) is 0 Å². The molecular formula is C13H14N4O4. The number of hydrogen-bond acceptors (Lipinski definition) is 8. The van der Waals surface area contributed by atoms with Gasteiger partial charge >= 0.3 is 6.01 Å². The Bertz CT molecular complexity index is 611. The molecule has 2 rings (SSSR count). The van der Waals surface area contributed by atoms with E-state index in [-0.39, 0.29) is 6.01 Å². The van der Waals surface area contributed by atoms with E-state index in [9.17, 15) is 0 Å². The monoisotopic (exact) mass is 290 g/mol. The van der Waals surface area contributed by atoms with E-state index in [0.29, 0.717) is 23.2 Å². The van der Waals surface area contributed by atoms with Gasteiger partial charge in [0.05, 0.1) is 26.5 Å². The first-order chi connectivity index (χ1) is 10.3. The quantitative estimate of drug-likeness (QED) is 0.590. The van der Waals surface area contributed by atoms with Crippen LogP contribution in [-0.4, -0.2) is 42.5 Å². The van der Waals surface area contributed by atoms with Crippen LogP contribution >= 0.6 is 0 Å². The molecule has 0 atom stereocenters. The molecule has 0 unspecified atom stereocenters. The highest BCUT2D eigenvalue weighted by Gasteiger charge is 2.10. The first-order valence-corrected chi connectivity index (χ1v) is 5.93. The Hall–Kier alpha value is -2.90. The summed E-state index contributed by atoms with van der Waals surface area (Å²) in [6.45, 7) is 0. The van der Waals surface area contributed by atoms with E-state index < -0.39 is 0 Å². The van der Waals surface area contributed by atoms with Gasteiger partial charge in [-0.1, -0.05) is 5.16 Å². The van der Waals surface area contributed by atoms with Gasteiger partial charge in [0.1, 0.15) is 12.8 Å². The number of pyridine rings is 1. The van der Waals surface area contributed by atoms with Crippen LogP contribution in [0.3, 0.4) is 0 Å². The summed E-state index contributed by atoms with van der Waals surface area (Å²) < 4.78 is 15.7. The molecule has 0 radical (unpaired) electrons. The fraction of sp³-hybridized carbons (Fsp3) is 0.231. The number of nitrogens with zero attached hydrogens (tertiary/aromatic N) is 4. The van der Waals surface area contributed by atoms with Crippen LogP contribution in [0.25, 0.3) is 0 Å². The molecule has 0 spiro atoms. The summed E-state index contributed by atoms with van der Waals surface area (Å²) in [5.74, 6) is 1.08. The molecule has 0 saturated carbocycles. The summed E-state index contributed by atoms with van der Waals surface area (Å²) in [6.07, 6.45) is 3.03. The SMILES string of the molecule is CON=Cc1ncccc1Oc1nc(OC)cc(OC)n1.